The van der Waals surface area contributed by atoms with Gasteiger partial charge < -0.3 is 5.73 Å². The molecule has 2 N–H and O–H groups in total. The number of nitrogens with two attached hydrogens (primary N) is 1. The van der Waals surface area contributed by atoms with Gasteiger partial charge in [0.2, 0.25) is 0 Å². The maximum atomic E-state index is 6.03. The Kier molecular flexibility index (Phi) is 2.87. The van der Waals surface area contributed by atoms with Crippen LogP contribution in [0.3, 0.4) is 0 Å². The van der Waals surface area contributed by atoms with Gasteiger partial charge in [-0.25, -0.2) is 4.68 Å². The van der Waals surface area contributed by atoms with Gasteiger partial charge in [0, 0.05) is 23.3 Å². The fourth-order valence-corrected chi connectivity index (χ4v) is 2.29. The molecule has 0 unspecified atom stereocenters. The number of rotatable bonds is 2. The van der Waals surface area contributed by atoms with E-state index in [2.05, 4.69) is 26.1 Å². The molecule has 96 valence electrons. The highest BCUT2D eigenvalue weighted by Gasteiger charge is 2.11. The number of benzene rings is 1. The van der Waals surface area contributed by atoms with Crippen molar-refractivity contribution in [3.05, 3.63) is 47.3 Å². The molecule has 6 heteroatoms. The first-order chi connectivity index (χ1) is 9.13. The zero-order valence-corrected chi connectivity index (χ0v) is 11.9. The molecule has 0 saturated carbocycles. The Balaban J connectivity index is 2.06. The lowest BCUT2D eigenvalue weighted by atomic mass is 10.2. The largest absolute Gasteiger partial charge is 0.396 e. The Bertz CT molecular complexity index is 728. The normalized spacial score (nSPS) is 10.8. The molecular weight excluding hydrogens is 306 g/mol. The van der Waals surface area contributed by atoms with Crippen LogP contribution in [0, 0.1) is 0 Å². The summed E-state index contributed by atoms with van der Waals surface area (Å²) in [6.07, 6.45) is 5.46. The second-order valence-electron chi connectivity index (χ2n) is 4.26. The fourth-order valence-electron chi connectivity index (χ4n) is 1.91. The SMILES string of the molecule is Cn1cc(-c2nn(-c3cccc(Br)c3)cc2N)cn1. The van der Waals surface area contributed by atoms with Gasteiger partial charge in [-0.1, -0.05) is 22.0 Å². The molecule has 3 rings (SSSR count). The maximum absolute atomic E-state index is 6.03. The highest BCUT2D eigenvalue weighted by molar-refractivity contribution is 9.10. The first-order valence-electron chi connectivity index (χ1n) is 5.73. The van der Waals surface area contributed by atoms with E-state index in [0.717, 1.165) is 21.4 Å². The minimum Gasteiger partial charge on any atom is -0.396 e. The molecule has 0 aliphatic carbocycles. The van der Waals surface area contributed by atoms with Crippen molar-refractivity contribution in [2.24, 2.45) is 7.05 Å². The van der Waals surface area contributed by atoms with Gasteiger partial charge in [-0.05, 0) is 18.2 Å². The summed E-state index contributed by atoms with van der Waals surface area (Å²) in [7, 11) is 1.87. The van der Waals surface area contributed by atoms with Gasteiger partial charge in [-0.2, -0.15) is 10.2 Å². The van der Waals surface area contributed by atoms with Crippen molar-refractivity contribution in [3.8, 4) is 16.9 Å². The van der Waals surface area contributed by atoms with E-state index in [-0.39, 0.29) is 0 Å². The van der Waals surface area contributed by atoms with Crippen LogP contribution in [0.25, 0.3) is 16.9 Å². The molecule has 0 aliphatic heterocycles. The number of aryl methyl sites for hydroxylation is 1. The zero-order valence-electron chi connectivity index (χ0n) is 10.3. The molecule has 0 atom stereocenters. The van der Waals surface area contributed by atoms with E-state index < -0.39 is 0 Å². The summed E-state index contributed by atoms with van der Waals surface area (Å²) >= 11 is 3.45. The van der Waals surface area contributed by atoms with Crippen LogP contribution in [-0.4, -0.2) is 19.6 Å². The third-order valence-electron chi connectivity index (χ3n) is 2.79. The highest BCUT2D eigenvalue weighted by Crippen LogP contribution is 2.25. The first-order valence-corrected chi connectivity index (χ1v) is 6.53. The molecule has 0 saturated heterocycles. The van der Waals surface area contributed by atoms with Crippen molar-refractivity contribution in [2.75, 3.05) is 5.73 Å². The van der Waals surface area contributed by atoms with Crippen molar-refractivity contribution in [2.45, 2.75) is 0 Å². The number of hydrogen-bond donors (Lipinski definition) is 1. The fraction of sp³-hybridized carbons (Fsp3) is 0.0769. The Labute approximate surface area is 118 Å². The van der Waals surface area contributed by atoms with Crippen molar-refractivity contribution < 1.29 is 0 Å². The monoisotopic (exact) mass is 317 g/mol. The molecule has 2 aromatic heterocycles. The van der Waals surface area contributed by atoms with E-state index in [9.17, 15) is 0 Å². The predicted octanol–water partition coefficient (Wildman–Crippen LogP) is 2.62. The third kappa shape index (κ3) is 2.26. The van der Waals surface area contributed by atoms with Crippen molar-refractivity contribution >= 4 is 21.6 Å². The Morgan fingerprint density at radius 2 is 2.11 bits per heavy atom. The number of nitrogens with zero attached hydrogens (tertiary/aromatic N) is 4. The van der Waals surface area contributed by atoms with Crippen LogP contribution in [0.5, 0.6) is 0 Å². The average molecular weight is 318 g/mol. The molecule has 0 spiro atoms. The Hall–Kier alpha value is -2.08. The van der Waals surface area contributed by atoms with Crippen LogP contribution in [0.4, 0.5) is 5.69 Å². The summed E-state index contributed by atoms with van der Waals surface area (Å²) in [5.74, 6) is 0. The molecule has 1 aromatic carbocycles. The van der Waals surface area contributed by atoms with E-state index >= 15 is 0 Å². The van der Waals surface area contributed by atoms with E-state index in [1.807, 2.05) is 43.7 Å². The third-order valence-corrected chi connectivity index (χ3v) is 3.29. The molecule has 0 radical (unpaired) electrons. The second kappa shape index (κ2) is 4.55. The van der Waals surface area contributed by atoms with Crippen LogP contribution in [0.2, 0.25) is 0 Å². The van der Waals surface area contributed by atoms with Gasteiger partial charge in [0.05, 0.1) is 23.8 Å². The standard InChI is InChI=1S/C13H12BrN5/c1-18-7-9(6-16-18)13-12(15)8-19(17-13)11-4-2-3-10(14)5-11/h2-8H,15H2,1H3. The molecule has 3 aromatic rings. The lowest BCUT2D eigenvalue weighted by Gasteiger charge is -2.00. The maximum Gasteiger partial charge on any atom is 0.119 e. The molecule has 19 heavy (non-hydrogen) atoms. The number of hydrogen-bond acceptors (Lipinski definition) is 3. The van der Waals surface area contributed by atoms with Crippen molar-refractivity contribution in [1.29, 1.82) is 0 Å². The number of aromatic nitrogens is 4. The highest BCUT2D eigenvalue weighted by atomic mass is 79.9. The van der Waals surface area contributed by atoms with Crippen molar-refractivity contribution in [1.82, 2.24) is 19.6 Å². The van der Waals surface area contributed by atoms with E-state index in [1.165, 1.54) is 0 Å². The van der Waals surface area contributed by atoms with Gasteiger partial charge in [0.1, 0.15) is 5.69 Å². The van der Waals surface area contributed by atoms with Crippen molar-refractivity contribution in [3.63, 3.8) is 0 Å². The van der Waals surface area contributed by atoms with Gasteiger partial charge in [0.25, 0.3) is 0 Å². The second-order valence-corrected chi connectivity index (χ2v) is 5.18. The quantitative estimate of drug-likeness (QED) is 0.790. The topological polar surface area (TPSA) is 61.7 Å². The van der Waals surface area contributed by atoms with Gasteiger partial charge in [0.15, 0.2) is 0 Å². The summed E-state index contributed by atoms with van der Waals surface area (Å²) in [4.78, 5) is 0. The Morgan fingerprint density at radius 3 is 2.79 bits per heavy atom. The molecule has 2 heterocycles. The van der Waals surface area contributed by atoms with Crippen LogP contribution in [-0.2, 0) is 7.05 Å². The number of halogens is 1. The summed E-state index contributed by atoms with van der Waals surface area (Å²) < 4.78 is 4.50. The molecular formula is C13H12BrN5. The first kappa shape index (κ1) is 12.0. The summed E-state index contributed by atoms with van der Waals surface area (Å²) in [5, 5.41) is 8.66. The molecule has 5 nitrogen and oxygen atoms in total. The van der Waals surface area contributed by atoms with Gasteiger partial charge >= 0.3 is 0 Å². The van der Waals surface area contributed by atoms with Crippen LogP contribution in [0.1, 0.15) is 0 Å². The molecule has 0 aliphatic rings. The van der Waals surface area contributed by atoms with Crippen LogP contribution in [0.15, 0.2) is 47.3 Å². The van der Waals surface area contributed by atoms with E-state index in [1.54, 1.807) is 15.6 Å². The minimum atomic E-state index is 0.632. The van der Waals surface area contributed by atoms with E-state index in [0.29, 0.717) is 5.69 Å². The summed E-state index contributed by atoms with van der Waals surface area (Å²) in [5.41, 5.74) is 9.27. The smallest absolute Gasteiger partial charge is 0.119 e. The summed E-state index contributed by atoms with van der Waals surface area (Å²) in [6, 6.07) is 7.89. The molecule has 0 bridgehead atoms. The van der Waals surface area contributed by atoms with Crippen LogP contribution >= 0.6 is 15.9 Å². The molecule has 0 amide bonds. The minimum absolute atomic E-state index is 0.632. The lowest BCUT2D eigenvalue weighted by molar-refractivity contribution is 0.768. The zero-order chi connectivity index (χ0) is 13.4. The number of nitrogen functional groups attached to an aromatic ring is 1. The number of anilines is 1. The van der Waals surface area contributed by atoms with E-state index in [4.69, 9.17) is 5.73 Å². The average Bonchev–Trinajstić information content (AvgIpc) is 2.95. The predicted molar refractivity (Wildman–Crippen MR) is 77.9 cm³/mol. The van der Waals surface area contributed by atoms with Gasteiger partial charge in [-0.3, -0.25) is 4.68 Å². The Morgan fingerprint density at radius 1 is 1.26 bits per heavy atom. The molecule has 0 fully saturated rings. The summed E-state index contributed by atoms with van der Waals surface area (Å²) in [6.45, 7) is 0. The van der Waals surface area contributed by atoms with Crippen LogP contribution < -0.4 is 5.73 Å². The lowest BCUT2D eigenvalue weighted by Crippen LogP contribution is -1.94. The van der Waals surface area contributed by atoms with Gasteiger partial charge in [-0.15, -0.1) is 0 Å².